The molecule has 1 N–H and O–H groups in total. The van der Waals surface area contributed by atoms with Gasteiger partial charge in [-0.1, -0.05) is 0 Å². The molecule has 0 atom stereocenters. The number of pyridine rings is 1. The van der Waals surface area contributed by atoms with Crippen molar-refractivity contribution in [3.05, 3.63) is 41.1 Å². The summed E-state index contributed by atoms with van der Waals surface area (Å²) in [5.74, 6) is 0. The van der Waals surface area contributed by atoms with Crippen LogP contribution in [0.3, 0.4) is 0 Å². The first-order valence-corrected chi connectivity index (χ1v) is 8.11. The molecule has 0 saturated carbocycles. The van der Waals surface area contributed by atoms with E-state index >= 15 is 0 Å². The van der Waals surface area contributed by atoms with E-state index in [9.17, 15) is 0 Å². The molecule has 0 spiro atoms. The second kappa shape index (κ2) is 6.81. The Kier molecular flexibility index (Phi) is 4.61. The molecule has 0 unspecified atom stereocenters. The Hall–Kier alpha value is -1.46. The summed E-state index contributed by atoms with van der Waals surface area (Å²) >= 11 is 1.67. The molecule has 3 rings (SSSR count). The zero-order valence-electron chi connectivity index (χ0n) is 11.5. The van der Waals surface area contributed by atoms with Crippen molar-refractivity contribution in [3.63, 3.8) is 0 Å². The van der Waals surface area contributed by atoms with Crippen molar-refractivity contribution in [2.24, 2.45) is 0 Å². The summed E-state index contributed by atoms with van der Waals surface area (Å²) in [6.07, 6.45) is 7.19. The fourth-order valence-corrected chi connectivity index (χ4v) is 3.25. The molecular formula is C15H20N4S. The highest BCUT2D eigenvalue weighted by molar-refractivity contribution is 7.07. The van der Waals surface area contributed by atoms with Crippen LogP contribution in [-0.2, 0) is 6.42 Å². The Morgan fingerprint density at radius 1 is 1.25 bits per heavy atom. The summed E-state index contributed by atoms with van der Waals surface area (Å²) in [4.78, 5) is 10.8. The van der Waals surface area contributed by atoms with Crippen LogP contribution < -0.4 is 10.2 Å². The molecule has 1 aliphatic heterocycles. The Morgan fingerprint density at radius 2 is 2.05 bits per heavy atom. The number of hydrogen-bond acceptors (Lipinski definition) is 5. The highest BCUT2D eigenvalue weighted by Gasteiger charge is 2.18. The average molecular weight is 288 g/mol. The molecule has 0 bridgehead atoms. The maximum Gasteiger partial charge on any atom is 0.0794 e. The quantitative estimate of drug-likeness (QED) is 0.917. The first-order chi connectivity index (χ1) is 9.92. The fourth-order valence-electron chi connectivity index (χ4n) is 2.66. The van der Waals surface area contributed by atoms with E-state index in [-0.39, 0.29) is 0 Å². The third-order valence-corrected chi connectivity index (χ3v) is 4.46. The molecule has 0 amide bonds. The van der Waals surface area contributed by atoms with Gasteiger partial charge in [-0.2, -0.15) is 0 Å². The van der Waals surface area contributed by atoms with Gasteiger partial charge in [0.1, 0.15) is 0 Å². The summed E-state index contributed by atoms with van der Waals surface area (Å²) in [5.41, 5.74) is 4.40. The van der Waals surface area contributed by atoms with Gasteiger partial charge in [-0.15, -0.1) is 11.3 Å². The molecule has 3 heterocycles. The van der Waals surface area contributed by atoms with Crippen molar-refractivity contribution in [3.8, 4) is 0 Å². The van der Waals surface area contributed by atoms with Crippen LogP contribution in [0.4, 0.5) is 5.69 Å². The maximum atomic E-state index is 4.31. The van der Waals surface area contributed by atoms with Crippen molar-refractivity contribution in [1.82, 2.24) is 15.3 Å². The van der Waals surface area contributed by atoms with Crippen LogP contribution in [0, 0.1) is 0 Å². The summed E-state index contributed by atoms with van der Waals surface area (Å²) in [6.45, 7) is 3.28. The van der Waals surface area contributed by atoms with E-state index in [1.807, 2.05) is 17.9 Å². The number of nitrogens with zero attached hydrogens (tertiary/aromatic N) is 3. The normalized spacial score (nSPS) is 16.5. The standard InChI is InChI=1S/C15H20N4S/c1(14-11-20-12-18-14)8-17-13-4-9-19(10-5-13)15-2-6-16-7-3-15/h2-3,6-7,11-13,17H,1,4-5,8-10H2. The Balaban J connectivity index is 1.40. The Morgan fingerprint density at radius 3 is 2.75 bits per heavy atom. The minimum absolute atomic E-state index is 0.645. The van der Waals surface area contributed by atoms with Crippen LogP contribution >= 0.6 is 11.3 Å². The molecule has 1 saturated heterocycles. The smallest absolute Gasteiger partial charge is 0.0794 e. The highest BCUT2D eigenvalue weighted by Crippen LogP contribution is 2.18. The predicted octanol–water partition coefficient (Wildman–Crippen LogP) is 2.34. The lowest BCUT2D eigenvalue weighted by atomic mass is 10.0. The molecule has 4 nitrogen and oxygen atoms in total. The topological polar surface area (TPSA) is 41.0 Å². The van der Waals surface area contributed by atoms with Gasteiger partial charge in [0.15, 0.2) is 0 Å². The number of piperidine rings is 1. The monoisotopic (exact) mass is 288 g/mol. The van der Waals surface area contributed by atoms with Gasteiger partial charge in [0, 0.05) is 55.6 Å². The first-order valence-electron chi connectivity index (χ1n) is 7.17. The molecule has 2 aromatic heterocycles. The summed E-state index contributed by atoms with van der Waals surface area (Å²) in [5, 5.41) is 5.79. The SMILES string of the molecule is c1cc(N2CCC(NCCc3cscn3)CC2)ccn1. The van der Waals surface area contributed by atoms with Gasteiger partial charge < -0.3 is 10.2 Å². The van der Waals surface area contributed by atoms with Crippen molar-refractivity contribution in [1.29, 1.82) is 0 Å². The van der Waals surface area contributed by atoms with Gasteiger partial charge in [-0.05, 0) is 25.0 Å². The second-order valence-corrected chi connectivity index (χ2v) is 5.87. The predicted molar refractivity (Wildman–Crippen MR) is 83.3 cm³/mol. The Bertz CT molecular complexity index is 492. The first kappa shape index (κ1) is 13.5. The highest BCUT2D eigenvalue weighted by atomic mass is 32.1. The van der Waals surface area contributed by atoms with E-state index in [1.54, 1.807) is 11.3 Å². The summed E-state index contributed by atoms with van der Waals surface area (Å²) in [6, 6.07) is 4.83. The molecule has 0 radical (unpaired) electrons. The number of thiazole rings is 1. The molecule has 1 fully saturated rings. The van der Waals surface area contributed by atoms with E-state index in [2.05, 4.69) is 37.7 Å². The number of aromatic nitrogens is 2. The average Bonchev–Trinajstić information content (AvgIpc) is 3.02. The third kappa shape index (κ3) is 3.55. The lowest BCUT2D eigenvalue weighted by Gasteiger charge is -2.34. The number of hydrogen-bond donors (Lipinski definition) is 1. The minimum Gasteiger partial charge on any atom is -0.371 e. The Labute approximate surface area is 123 Å². The number of nitrogens with one attached hydrogen (secondary N) is 1. The number of rotatable bonds is 5. The van der Waals surface area contributed by atoms with Crippen molar-refractivity contribution >= 4 is 17.0 Å². The molecule has 1 aliphatic rings. The van der Waals surface area contributed by atoms with Crippen LogP contribution in [0.15, 0.2) is 35.4 Å². The van der Waals surface area contributed by atoms with Gasteiger partial charge in [-0.3, -0.25) is 4.98 Å². The van der Waals surface area contributed by atoms with Gasteiger partial charge >= 0.3 is 0 Å². The lowest BCUT2D eigenvalue weighted by Crippen LogP contribution is -2.43. The molecule has 0 aromatic carbocycles. The zero-order valence-corrected chi connectivity index (χ0v) is 12.4. The molecule has 5 heteroatoms. The van der Waals surface area contributed by atoms with Crippen molar-refractivity contribution in [2.45, 2.75) is 25.3 Å². The van der Waals surface area contributed by atoms with Gasteiger partial charge in [0.25, 0.3) is 0 Å². The maximum absolute atomic E-state index is 4.31. The van der Waals surface area contributed by atoms with Gasteiger partial charge in [0.2, 0.25) is 0 Å². The fraction of sp³-hybridized carbons (Fsp3) is 0.467. The zero-order chi connectivity index (χ0) is 13.6. The van der Waals surface area contributed by atoms with E-state index in [4.69, 9.17) is 0 Å². The molecule has 0 aliphatic carbocycles. The summed E-state index contributed by atoms with van der Waals surface area (Å²) in [7, 11) is 0. The van der Waals surface area contributed by atoms with Crippen molar-refractivity contribution < 1.29 is 0 Å². The van der Waals surface area contributed by atoms with E-state index < -0.39 is 0 Å². The van der Waals surface area contributed by atoms with E-state index in [0.29, 0.717) is 6.04 Å². The van der Waals surface area contributed by atoms with Crippen LogP contribution in [0.5, 0.6) is 0 Å². The van der Waals surface area contributed by atoms with E-state index in [0.717, 1.165) is 26.1 Å². The third-order valence-electron chi connectivity index (χ3n) is 3.82. The molecular weight excluding hydrogens is 268 g/mol. The number of anilines is 1. The molecule has 2 aromatic rings. The minimum atomic E-state index is 0.645. The van der Waals surface area contributed by atoms with E-state index in [1.165, 1.54) is 24.2 Å². The summed E-state index contributed by atoms with van der Waals surface area (Å²) < 4.78 is 0. The molecule has 20 heavy (non-hydrogen) atoms. The lowest BCUT2D eigenvalue weighted by molar-refractivity contribution is 0.417. The molecule has 106 valence electrons. The van der Waals surface area contributed by atoms with Crippen molar-refractivity contribution in [2.75, 3.05) is 24.5 Å². The van der Waals surface area contributed by atoms with Crippen LogP contribution in [0.25, 0.3) is 0 Å². The van der Waals surface area contributed by atoms with Crippen LogP contribution in [0.2, 0.25) is 0 Å². The van der Waals surface area contributed by atoms with Crippen LogP contribution in [0.1, 0.15) is 18.5 Å². The second-order valence-electron chi connectivity index (χ2n) is 5.15. The van der Waals surface area contributed by atoms with Crippen LogP contribution in [-0.4, -0.2) is 35.6 Å². The largest absolute Gasteiger partial charge is 0.371 e. The van der Waals surface area contributed by atoms with Gasteiger partial charge in [0.05, 0.1) is 11.2 Å². The van der Waals surface area contributed by atoms with Gasteiger partial charge in [-0.25, -0.2) is 4.98 Å².